The number of piperazine rings is 1. The van der Waals surface area contributed by atoms with Gasteiger partial charge in [0.05, 0.1) is 18.4 Å². The predicted molar refractivity (Wildman–Crippen MR) is 92.5 cm³/mol. The molecule has 7 nitrogen and oxygen atoms in total. The zero-order valence-corrected chi connectivity index (χ0v) is 15.2. The Balaban J connectivity index is 1.57. The third-order valence-corrected chi connectivity index (χ3v) is 6.96. The molecule has 1 aliphatic heterocycles. The number of nitriles is 1. The van der Waals surface area contributed by atoms with Crippen LogP contribution in [0, 0.1) is 11.3 Å². The van der Waals surface area contributed by atoms with Gasteiger partial charge in [0.1, 0.15) is 11.1 Å². The largest absolute Gasteiger partial charge is 0.315 e. The van der Waals surface area contributed by atoms with Gasteiger partial charge in [0.2, 0.25) is 15.9 Å². The number of carbonyl (C=O) groups excluding carboxylic acids is 1. The lowest BCUT2D eigenvalue weighted by Gasteiger charge is -2.32. The highest BCUT2D eigenvalue weighted by molar-refractivity contribution is 7.88. The topological polar surface area (TPSA) is 93.5 Å². The number of amides is 1. The Bertz CT molecular complexity index is 786. The van der Waals surface area contributed by atoms with Gasteiger partial charge in [-0.05, 0) is 24.8 Å². The van der Waals surface area contributed by atoms with Gasteiger partial charge in [-0.3, -0.25) is 9.69 Å². The number of nitrogens with one attached hydrogen (secondary N) is 1. The fraction of sp³-hybridized carbons (Fsp3) is 0.600. The molecule has 24 heavy (non-hydrogen) atoms. The fourth-order valence-corrected chi connectivity index (χ4v) is 5.28. The lowest BCUT2D eigenvalue weighted by atomic mass is 10.1. The van der Waals surface area contributed by atoms with Crippen molar-refractivity contribution < 1.29 is 13.2 Å². The van der Waals surface area contributed by atoms with Crippen molar-refractivity contribution >= 4 is 32.3 Å². The number of hydrogen-bond acceptors (Lipinski definition) is 6. The number of hydrogen-bond donors (Lipinski definition) is 1. The Kier molecular flexibility index (Phi) is 4.92. The number of aryl methyl sites for hydroxylation is 1. The normalized spacial score (nSPS) is 19.0. The molecule has 1 aliphatic carbocycles. The zero-order valence-electron chi connectivity index (χ0n) is 13.5. The molecule has 1 saturated heterocycles. The van der Waals surface area contributed by atoms with Crippen molar-refractivity contribution in [2.24, 2.45) is 0 Å². The molecule has 0 atom stereocenters. The van der Waals surface area contributed by atoms with E-state index in [9.17, 15) is 18.5 Å². The van der Waals surface area contributed by atoms with Gasteiger partial charge in [-0.15, -0.1) is 11.3 Å². The molecule has 0 radical (unpaired) electrons. The Hall–Kier alpha value is -1.47. The summed E-state index contributed by atoms with van der Waals surface area (Å²) in [5.74, 6) is -0.153. The van der Waals surface area contributed by atoms with E-state index < -0.39 is 10.0 Å². The number of sulfonamides is 1. The highest BCUT2D eigenvalue weighted by Crippen LogP contribution is 2.38. The maximum Gasteiger partial charge on any atom is 0.239 e. The second-order valence-electron chi connectivity index (χ2n) is 6.16. The highest BCUT2D eigenvalue weighted by atomic mass is 32.2. The van der Waals surface area contributed by atoms with Crippen molar-refractivity contribution in [3.05, 3.63) is 16.0 Å². The van der Waals surface area contributed by atoms with Gasteiger partial charge in [0, 0.05) is 31.1 Å². The molecule has 2 heterocycles. The van der Waals surface area contributed by atoms with Crippen LogP contribution in [0.5, 0.6) is 0 Å². The van der Waals surface area contributed by atoms with Crippen molar-refractivity contribution in [1.82, 2.24) is 9.21 Å². The van der Waals surface area contributed by atoms with E-state index in [0.717, 1.165) is 24.8 Å². The molecule has 0 unspecified atom stereocenters. The Morgan fingerprint density at radius 2 is 2.00 bits per heavy atom. The van der Waals surface area contributed by atoms with Gasteiger partial charge in [-0.2, -0.15) is 9.57 Å². The molecular formula is C15H20N4O3S2. The minimum Gasteiger partial charge on any atom is -0.315 e. The molecule has 1 aromatic rings. The first kappa shape index (κ1) is 17.4. The van der Waals surface area contributed by atoms with Crippen molar-refractivity contribution in [2.45, 2.75) is 19.3 Å². The van der Waals surface area contributed by atoms with Crippen LogP contribution in [0.25, 0.3) is 0 Å². The van der Waals surface area contributed by atoms with E-state index in [1.807, 2.05) is 4.90 Å². The SMILES string of the molecule is CS(=O)(=O)N1CCN(CC(=O)Nc2sc3c(c2C#N)CCC3)CC1. The van der Waals surface area contributed by atoms with Gasteiger partial charge < -0.3 is 5.32 Å². The molecule has 0 bridgehead atoms. The van der Waals surface area contributed by atoms with E-state index in [1.165, 1.54) is 26.8 Å². The maximum atomic E-state index is 12.3. The fourth-order valence-electron chi connectivity index (χ4n) is 3.20. The average molecular weight is 368 g/mol. The van der Waals surface area contributed by atoms with Crippen molar-refractivity contribution in [3.63, 3.8) is 0 Å². The summed E-state index contributed by atoms with van der Waals surface area (Å²) in [7, 11) is -3.16. The van der Waals surface area contributed by atoms with E-state index in [4.69, 9.17) is 0 Å². The highest BCUT2D eigenvalue weighted by Gasteiger charge is 2.26. The van der Waals surface area contributed by atoms with Crippen molar-refractivity contribution in [3.8, 4) is 6.07 Å². The molecule has 1 aromatic heterocycles. The molecule has 0 saturated carbocycles. The van der Waals surface area contributed by atoms with Crippen LogP contribution in [0.15, 0.2) is 0 Å². The Morgan fingerprint density at radius 1 is 1.29 bits per heavy atom. The van der Waals surface area contributed by atoms with E-state index >= 15 is 0 Å². The zero-order chi connectivity index (χ0) is 17.3. The van der Waals surface area contributed by atoms with E-state index in [-0.39, 0.29) is 12.5 Å². The second-order valence-corrected chi connectivity index (χ2v) is 9.25. The number of thiophene rings is 1. The third kappa shape index (κ3) is 3.62. The summed E-state index contributed by atoms with van der Waals surface area (Å²) in [6.45, 7) is 2.09. The average Bonchev–Trinajstić information content (AvgIpc) is 3.07. The molecule has 0 spiro atoms. The first-order chi connectivity index (χ1) is 11.4. The Morgan fingerprint density at radius 3 is 2.62 bits per heavy atom. The van der Waals surface area contributed by atoms with Gasteiger partial charge >= 0.3 is 0 Å². The summed E-state index contributed by atoms with van der Waals surface area (Å²) >= 11 is 1.51. The molecule has 2 aliphatic rings. The molecular weight excluding hydrogens is 348 g/mol. The van der Waals surface area contributed by atoms with E-state index in [2.05, 4.69) is 11.4 Å². The summed E-state index contributed by atoms with van der Waals surface area (Å²) in [5.41, 5.74) is 1.71. The maximum absolute atomic E-state index is 12.3. The standard InChI is InChI=1S/C15H20N4O3S2/c1-24(21,22)19-7-5-18(6-8-19)10-14(20)17-15-12(9-16)11-3-2-4-13(11)23-15/h2-8,10H2,1H3,(H,17,20). The lowest BCUT2D eigenvalue weighted by molar-refractivity contribution is -0.117. The van der Waals surface area contributed by atoms with Crippen LogP contribution in [0.4, 0.5) is 5.00 Å². The molecule has 0 aromatic carbocycles. The molecule has 130 valence electrons. The summed E-state index contributed by atoms with van der Waals surface area (Å²) < 4.78 is 24.4. The predicted octanol–water partition coefficient (Wildman–Crippen LogP) is 0.624. The molecule has 3 rings (SSSR count). The molecule has 1 N–H and O–H groups in total. The van der Waals surface area contributed by atoms with Crippen molar-refractivity contribution in [1.29, 1.82) is 5.26 Å². The summed E-state index contributed by atoms with van der Waals surface area (Å²) in [4.78, 5) is 15.4. The van der Waals surface area contributed by atoms with E-state index in [1.54, 1.807) is 0 Å². The van der Waals surface area contributed by atoms with Crippen LogP contribution in [0.1, 0.15) is 22.4 Å². The van der Waals surface area contributed by atoms with Crippen LogP contribution in [0.3, 0.4) is 0 Å². The van der Waals surface area contributed by atoms with Gasteiger partial charge in [0.25, 0.3) is 0 Å². The first-order valence-corrected chi connectivity index (χ1v) is 10.6. The monoisotopic (exact) mass is 368 g/mol. The van der Waals surface area contributed by atoms with Crippen LogP contribution in [-0.2, 0) is 27.7 Å². The first-order valence-electron chi connectivity index (χ1n) is 7.90. The summed E-state index contributed by atoms with van der Waals surface area (Å²) in [6, 6.07) is 2.22. The smallest absolute Gasteiger partial charge is 0.239 e. The number of rotatable bonds is 4. The van der Waals surface area contributed by atoms with Gasteiger partial charge in [-0.1, -0.05) is 0 Å². The third-order valence-electron chi connectivity index (χ3n) is 4.45. The van der Waals surface area contributed by atoms with Crippen LogP contribution < -0.4 is 5.32 Å². The van der Waals surface area contributed by atoms with Crippen LogP contribution >= 0.6 is 11.3 Å². The van der Waals surface area contributed by atoms with Crippen LogP contribution in [0.2, 0.25) is 0 Å². The van der Waals surface area contributed by atoms with Crippen LogP contribution in [-0.4, -0.2) is 62.5 Å². The molecule has 1 fully saturated rings. The van der Waals surface area contributed by atoms with Gasteiger partial charge in [0.15, 0.2) is 0 Å². The quantitative estimate of drug-likeness (QED) is 0.841. The van der Waals surface area contributed by atoms with Gasteiger partial charge in [-0.25, -0.2) is 8.42 Å². The van der Waals surface area contributed by atoms with Crippen molar-refractivity contribution in [2.75, 3.05) is 44.3 Å². The Labute approximate surface area is 145 Å². The molecule has 9 heteroatoms. The summed E-state index contributed by atoms with van der Waals surface area (Å²) in [5, 5.41) is 12.9. The van der Waals surface area contributed by atoms with E-state index in [0.29, 0.717) is 36.7 Å². The second kappa shape index (κ2) is 6.80. The number of anilines is 1. The molecule has 1 amide bonds. The lowest BCUT2D eigenvalue weighted by Crippen LogP contribution is -2.50. The summed E-state index contributed by atoms with van der Waals surface area (Å²) in [6.07, 6.45) is 4.18. The minimum absolute atomic E-state index is 0.153. The number of carbonyl (C=O) groups is 1. The number of fused-ring (bicyclic) bond motifs is 1. The number of nitrogens with zero attached hydrogens (tertiary/aromatic N) is 3. The minimum atomic E-state index is -3.16.